The van der Waals surface area contributed by atoms with Crippen molar-refractivity contribution in [3.63, 3.8) is 0 Å². The summed E-state index contributed by atoms with van der Waals surface area (Å²) in [4.78, 5) is 0. The maximum atomic E-state index is 5.69. The van der Waals surface area contributed by atoms with Crippen LogP contribution in [0.25, 0.3) is 0 Å². The molecular weight excluding hydrogens is 252 g/mol. The van der Waals surface area contributed by atoms with Crippen molar-refractivity contribution >= 4 is 0 Å². The fourth-order valence-corrected chi connectivity index (χ4v) is 2.25. The standard InChI is InChI=1S/C16H26N2O2/c1-4-5-6-7-8-9-15(18-17)14-11-10-13(19-2)12-16(14)20-3/h4,10-12,15,18H,1,5-9,17H2,2-3H3. The van der Waals surface area contributed by atoms with Crippen molar-refractivity contribution in [3.8, 4) is 11.5 Å². The lowest BCUT2D eigenvalue weighted by Crippen LogP contribution is -2.28. The van der Waals surface area contributed by atoms with Gasteiger partial charge < -0.3 is 9.47 Å². The highest BCUT2D eigenvalue weighted by Gasteiger charge is 2.15. The Kier molecular flexibility index (Phi) is 7.77. The van der Waals surface area contributed by atoms with E-state index in [0.717, 1.165) is 36.3 Å². The first kappa shape index (κ1) is 16.5. The van der Waals surface area contributed by atoms with Gasteiger partial charge >= 0.3 is 0 Å². The van der Waals surface area contributed by atoms with Crippen molar-refractivity contribution in [3.05, 3.63) is 36.4 Å². The number of hydrogen-bond donors (Lipinski definition) is 2. The molecule has 0 amide bonds. The summed E-state index contributed by atoms with van der Waals surface area (Å²) >= 11 is 0. The molecule has 4 nitrogen and oxygen atoms in total. The van der Waals surface area contributed by atoms with E-state index in [9.17, 15) is 0 Å². The van der Waals surface area contributed by atoms with Crippen LogP contribution in [0.3, 0.4) is 0 Å². The predicted molar refractivity (Wildman–Crippen MR) is 82.9 cm³/mol. The largest absolute Gasteiger partial charge is 0.497 e. The Morgan fingerprint density at radius 3 is 2.65 bits per heavy atom. The average Bonchev–Trinajstić information content (AvgIpc) is 2.50. The minimum absolute atomic E-state index is 0.0968. The van der Waals surface area contributed by atoms with Crippen LogP contribution < -0.4 is 20.7 Å². The van der Waals surface area contributed by atoms with E-state index < -0.39 is 0 Å². The minimum atomic E-state index is 0.0968. The van der Waals surface area contributed by atoms with Gasteiger partial charge in [0.15, 0.2) is 0 Å². The van der Waals surface area contributed by atoms with Gasteiger partial charge in [0.1, 0.15) is 11.5 Å². The van der Waals surface area contributed by atoms with E-state index in [1.54, 1.807) is 14.2 Å². The Bertz CT molecular complexity index is 407. The van der Waals surface area contributed by atoms with Gasteiger partial charge in [-0.2, -0.15) is 0 Å². The van der Waals surface area contributed by atoms with Gasteiger partial charge in [-0.1, -0.05) is 25.0 Å². The summed E-state index contributed by atoms with van der Waals surface area (Å²) in [6, 6.07) is 5.92. The average molecular weight is 278 g/mol. The number of benzene rings is 1. The van der Waals surface area contributed by atoms with Crippen LogP contribution in [0.2, 0.25) is 0 Å². The van der Waals surface area contributed by atoms with E-state index in [1.165, 1.54) is 12.8 Å². The molecule has 0 saturated carbocycles. The lowest BCUT2D eigenvalue weighted by atomic mass is 9.99. The van der Waals surface area contributed by atoms with E-state index >= 15 is 0 Å². The van der Waals surface area contributed by atoms with Crippen molar-refractivity contribution in [2.45, 2.75) is 38.1 Å². The summed E-state index contributed by atoms with van der Waals surface area (Å²) in [6.07, 6.45) is 7.51. The van der Waals surface area contributed by atoms with Gasteiger partial charge in [-0.05, 0) is 25.3 Å². The zero-order valence-corrected chi connectivity index (χ0v) is 12.5. The van der Waals surface area contributed by atoms with Crippen molar-refractivity contribution in [2.24, 2.45) is 5.84 Å². The summed E-state index contributed by atoms with van der Waals surface area (Å²) < 4.78 is 10.6. The molecule has 1 rings (SSSR count). The van der Waals surface area contributed by atoms with Crippen LogP contribution in [0.15, 0.2) is 30.9 Å². The van der Waals surface area contributed by atoms with Crippen LogP contribution in [-0.2, 0) is 0 Å². The second-order valence-electron chi connectivity index (χ2n) is 4.75. The highest BCUT2D eigenvalue weighted by Crippen LogP contribution is 2.31. The molecule has 0 saturated heterocycles. The quantitative estimate of drug-likeness (QED) is 0.298. The second-order valence-corrected chi connectivity index (χ2v) is 4.75. The zero-order chi connectivity index (χ0) is 14.8. The number of unbranched alkanes of at least 4 members (excludes halogenated alkanes) is 3. The molecule has 0 aliphatic carbocycles. The molecule has 0 aliphatic rings. The third-order valence-corrected chi connectivity index (χ3v) is 3.42. The fraction of sp³-hybridized carbons (Fsp3) is 0.500. The molecule has 20 heavy (non-hydrogen) atoms. The smallest absolute Gasteiger partial charge is 0.127 e. The summed E-state index contributed by atoms with van der Waals surface area (Å²) in [5.41, 5.74) is 3.95. The van der Waals surface area contributed by atoms with Gasteiger partial charge in [-0.15, -0.1) is 6.58 Å². The third-order valence-electron chi connectivity index (χ3n) is 3.42. The molecule has 0 radical (unpaired) electrons. The van der Waals surface area contributed by atoms with Crippen LogP contribution in [0.4, 0.5) is 0 Å². The summed E-state index contributed by atoms with van der Waals surface area (Å²) in [6.45, 7) is 3.74. The zero-order valence-electron chi connectivity index (χ0n) is 12.5. The molecule has 0 heterocycles. The summed E-state index contributed by atoms with van der Waals surface area (Å²) in [7, 11) is 3.31. The van der Waals surface area contributed by atoms with Crippen LogP contribution in [-0.4, -0.2) is 14.2 Å². The molecule has 0 fully saturated rings. The Labute approximate surface area is 121 Å². The number of hydrogen-bond acceptors (Lipinski definition) is 4. The highest BCUT2D eigenvalue weighted by atomic mass is 16.5. The first-order valence-electron chi connectivity index (χ1n) is 7.05. The molecule has 112 valence electrons. The van der Waals surface area contributed by atoms with E-state index in [-0.39, 0.29) is 6.04 Å². The fourth-order valence-electron chi connectivity index (χ4n) is 2.25. The van der Waals surface area contributed by atoms with Crippen LogP contribution in [0.5, 0.6) is 11.5 Å². The van der Waals surface area contributed by atoms with Crippen LogP contribution >= 0.6 is 0 Å². The van der Waals surface area contributed by atoms with E-state index in [1.807, 2.05) is 24.3 Å². The molecule has 4 heteroatoms. The monoisotopic (exact) mass is 278 g/mol. The number of allylic oxidation sites excluding steroid dienone is 1. The molecule has 3 N–H and O–H groups in total. The van der Waals surface area contributed by atoms with Gasteiger partial charge in [-0.25, -0.2) is 0 Å². The number of nitrogens with one attached hydrogen (secondary N) is 1. The molecule has 0 bridgehead atoms. The van der Waals surface area contributed by atoms with Crippen LogP contribution in [0, 0.1) is 0 Å². The third kappa shape index (κ3) is 4.87. The molecular formula is C16H26N2O2. The topological polar surface area (TPSA) is 56.5 Å². The number of hydrazine groups is 1. The first-order chi connectivity index (χ1) is 9.76. The Morgan fingerprint density at radius 1 is 1.25 bits per heavy atom. The maximum Gasteiger partial charge on any atom is 0.127 e. The molecule has 0 spiro atoms. The number of methoxy groups -OCH3 is 2. The van der Waals surface area contributed by atoms with Crippen LogP contribution in [0.1, 0.15) is 43.7 Å². The SMILES string of the molecule is C=CCCCCCC(NN)c1ccc(OC)cc1OC. The first-order valence-corrected chi connectivity index (χ1v) is 7.05. The minimum Gasteiger partial charge on any atom is -0.497 e. The van der Waals surface area contributed by atoms with Gasteiger partial charge in [-0.3, -0.25) is 11.3 Å². The number of rotatable bonds is 10. The molecule has 1 aromatic carbocycles. The molecule has 1 aromatic rings. The van der Waals surface area contributed by atoms with E-state index in [4.69, 9.17) is 15.3 Å². The lowest BCUT2D eigenvalue weighted by molar-refractivity contribution is 0.380. The predicted octanol–water partition coefficient (Wildman–Crippen LogP) is 3.34. The Balaban J connectivity index is 2.66. The lowest BCUT2D eigenvalue weighted by Gasteiger charge is -2.19. The Morgan fingerprint density at radius 2 is 2.05 bits per heavy atom. The van der Waals surface area contributed by atoms with Crippen molar-refractivity contribution in [2.75, 3.05) is 14.2 Å². The molecule has 0 aliphatic heterocycles. The normalized spacial score (nSPS) is 11.9. The van der Waals surface area contributed by atoms with E-state index in [0.29, 0.717) is 0 Å². The summed E-state index contributed by atoms with van der Waals surface area (Å²) in [5.74, 6) is 7.28. The van der Waals surface area contributed by atoms with Crippen molar-refractivity contribution in [1.82, 2.24) is 5.43 Å². The molecule has 1 unspecified atom stereocenters. The summed E-state index contributed by atoms with van der Waals surface area (Å²) in [5, 5.41) is 0. The maximum absolute atomic E-state index is 5.69. The molecule has 1 atom stereocenters. The van der Waals surface area contributed by atoms with Gasteiger partial charge in [0.05, 0.1) is 14.2 Å². The van der Waals surface area contributed by atoms with Gasteiger partial charge in [0.25, 0.3) is 0 Å². The number of nitrogens with two attached hydrogens (primary N) is 1. The Hall–Kier alpha value is -1.52. The highest BCUT2D eigenvalue weighted by molar-refractivity contribution is 5.42. The van der Waals surface area contributed by atoms with Crippen molar-refractivity contribution < 1.29 is 9.47 Å². The van der Waals surface area contributed by atoms with Crippen molar-refractivity contribution in [1.29, 1.82) is 0 Å². The van der Waals surface area contributed by atoms with Gasteiger partial charge in [0, 0.05) is 17.7 Å². The number of ether oxygens (including phenoxy) is 2. The van der Waals surface area contributed by atoms with E-state index in [2.05, 4.69) is 12.0 Å². The van der Waals surface area contributed by atoms with Gasteiger partial charge in [0.2, 0.25) is 0 Å². The second kappa shape index (κ2) is 9.39. The molecule has 0 aromatic heterocycles.